The fraction of sp³-hybridized carbons (Fsp3) is 0.708. The van der Waals surface area contributed by atoms with Crippen LogP contribution < -0.4 is 15.4 Å². The predicted octanol–water partition coefficient (Wildman–Crippen LogP) is 3.34. The molecule has 2 aliphatic rings. The first-order valence-electron chi connectivity index (χ1n) is 11.8. The molecule has 0 radical (unpaired) electrons. The predicted molar refractivity (Wildman–Crippen MR) is 140 cm³/mol. The summed E-state index contributed by atoms with van der Waals surface area (Å²) in [5.41, 5.74) is 2.29. The van der Waals surface area contributed by atoms with Gasteiger partial charge in [0.15, 0.2) is 5.96 Å². The molecule has 1 aromatic rings. The van der Waals surface area contributed by atoms with Crippen molar-refractivity contribution in [3.8, 4) is 5.75 Å². The highest BCUT2D eigenvalue weighted by Gasteiger charge is 2.28. The van der Waals surface area contributed by atoms with Crippen LogP contribution in [0.4, 0.5) is 0 Å². The van der Waals surface area contributed by atoms with Crippen molar-refractivity contribution in [3.05, 3.63) is 29.3 Å². The summed E-state index contributed by atoms with van der Waals surface area (Å²) in [6.45, 7) is 10.7. The molecule has 0 amide bonds. The second-order valence-electron chi connectivity index (χ2n) is 8.44. The van der Waals surface area contributed by atoms with Gasteiger partial charge in [0.2, 0.25) is 0 Å². The molecule has 1 saturated carbocycles. The van der Waals surface area contributed by atoms with Crippen LogP contribution in [0.25, 0.3) is 0 Å². The number of rotatable bonds is 13. The Morgan fingerprint density at radius 3 is 2.75 bits per heavy atom. The van der Waals surface area contributed by atoms with E-state index in [9.17, 15) is 0 Å². The van der Waals surface area contributed by atoms with Crippen molar-refractivity contribution in [2.24, 2.45) is 4.99 Å². The lowest BCUT2D eigenvalue weighted by atomic mass is 10.1. The number of hydrogen-bond donors (Lipinski definition) is 2. The van der Waals surface area contributed by atoms with Crippen LogP contribution in [0, 0.1) is 6.92 Å². The van der Waals surface area contributed by atoms with Gasteiger partial charge in [0.05, 0.1) is 19.3 Å². The van der Waals surface area contributed by atoms with Gasteiger partial charge in [-0.2, -0.15) is 0 Å². The van der Waals surface area contributed by atoms with Crippen LogP contribution in [-0.4, -0.2) is 76.1 Å². The first kappa shape index (κ1) is 27.1. The Labute approximate surface area is 210 Å². The fourth-order valence-electron chi connectivity index (χ4n) is 3.83. The molecule has 0 aromatic heterocycles. The van der Waals surface area contributed by atoms with Gasteiger partial charge in [-0.3, -0.25) is 4.90 Å². The summed E-state index contributed by atoms with van der Waals surface area (Å²) in [6.07, 6.45) is 5.03. The lowest BCUT2D eigenvalue weighted by Gasteiger charge is -2.22. The zero-order chi connectivity index (χ0) is 21.9. The Balaban J connectivity index is 0.00000363. The molecule has 1 aliphatic heterocycles. The summed E-state index contributed by atoms with van der Waals surface area (Å²) >= 11 is 0. The lowest BCUT2D eigenvalue weighted by molar-refractivity contribution is 0.0676. The van der Waals surface area contributed by atoms with Gasteiger partial charge in [0.25, 0.3) is 0 Å². The van der Waals surface area contributed by atoms with Crippen LogP contribution in [-0.2, 0) is 16.0 Å². The number of hydrogen-bond acceptors (Lipinski definition) is 5. The summed E-state index contributed by atoms with van der Waals surface area (Å²) in [5.74, 6) is 1.75. The number of nitrogens with one attached hydrogen (secondary N) is 2. The number of ether oxygens (including phenoxy) is 3. The number of methoxy groups -OCH3 is 1. The highest BCUT2D eigenvalue weighted by atomic mass is 127. The maximum absolute atomic E-state index is 6.12. The van der Waals surface area contributed by atoms with E-state index in [1.165, 1.54) is 18.4 Å². The molecule has 3 rings (SSSR count). The zero-order valence-electron chi connectivity index (χ0n) is 19.9. The SMILES string of the molecule is CCNC(=NCc1ccc(C)cc1OCC1CCCO1)NCCN(CCOC)C1CC1.I. The summed E-state index contributed by atoms with van der Waals surface area (Å²) in [6, 6.07) is 7.07. The van der Waals surface area contributed by atoms with Gasteiger partial charge in [0.1, 0.15) is 12.4 Å². The van der Waals surface area contributed by atoms with E-state index in [1.54, 1.807) is 7.11 Å². The maximum Gasteiger partial charge on any atom is 0.191 e. The topological polar surface area (TPSA) is 67.4 Å². The summed E-state index contributed by atoms with van der Waals surface area (Å²) in [5, 5.41) is 6.84. The minimum absolute atomic E-state index is 0. The Morgan fingerprint density at radius 1 is 1.22 bits per heavy atom. The summed E-state index contributed by atoms with van der Waals surface area (Å²) in [7, 11) is 1.77. The van der Waals surface area contributed by atoms with Gasteiger partial charge in [-0.25, -0.2) is 4.99 Å². The van der Waals surface area contributed by atoms with Crippen LogP contribution in [0.5, 0.6) is 5.75 Å². The van der Waals surface area contributed by atoms with Crippen LogP contribution in [0.3, 0.4) is 0 Å². The van der Waals surface area contributed by atoms with Gasteiger partial charge in [0, 0.05) is 51.5 Å². The summed E-state index contributed by atoms with van der Waals surface area (Å²) in [4.78, 5) is 7.32. The Hall–Kier alpha value is -1.10. The molecule has 8 heteroatoms. The molecule has 1 unspecified atom stereocenters. The number of guanidine groups is 1. The van der Waals surface area contributed by atoms with Crippen molar-refractivity contribution in [2.75, 3.05) is 53.1 Å². The molecule has 2 fully saturated rings. The number of benzene rings is 1. The molecule has 32 heavy (non-hydrogen) atoms. The fourth-order valence-corrected chi connectivity index (χ4v) is 3.83. The molecule has 1 saturated heterocycles. The second-order valence-corrected chi connectivity index (χ2v) is 8.44. The van der Waals surface area contributed by atoms with E-state index in [0.717, 1.165) is 75.5 Å². The number of aliphatic imine (C=N–C) groups is 1. The van der Waals surface area contributed by atoms with E-state index in [0.29, 0.717) is 13.2 Å². The van der Waals surface area contributed by atoms with Crippen molar-refractivity contribution in [1.82, 2.24) is 15.5 Å². The lowest BCUT2D eigenvalue weighted by Crippen LogP contribution is -2.42. The highest BCUT2D eigenvalue weighted by molar-refractivity contribution is 14.0. The van der Waals surface area contributed by atoms with E-state index in [1.807, 2.05) is 0 Å². The maximum atomic E-state index is 6.12. The van der Waals surface area contributed by atoms with E-state index in [4.69, 9.17) is 19.2 Å². The average Bonchev–Trinajstić information content (AvgIpc) is 3.48. The molecule has 0 bridgehead atoms. The number of halogens is 1. The van der Waals surface area contributed by atoms with Crippen LogP contribution in [0.2, 0.25) is 0 Å². The number of aryl methyl sites for hydroxylation is 1. The van der Waals surface area contributed by atoms with E-state index >= 15 is 0 Å². The third-order valence-corrected chi connectivity index (χ3v) is 5.76. The van der Waals surface area contributed by atoms with Gasteiger partial charge in [-0.05, 0) is 51.2 Å². The standard InChI is InChI=1S/C24H40N4O3.HI/c1-4-25-24(26-11-12-28(13-15-29-3)21-9-10-21)27-17-20-8-7-19(2)16-23(20)31-18-22-6-5-14-30-22;/h7-8,16,21-22H,4-6,9-15,17-18H2,1-3H3,(H2,25,26,27);1H. The first-order valence-corrected chi connectivity index (χ1v) is 11.8. The normalized spacial score (nSPS) is 18.5. The van der Waals surface area contributed by atoms with Gasteiger partial charge in [-0.15, -0.1) is 24.0 Å². The molecule has 0 spiro atoms. The van der Waals surface area contributed by atoms with Crippen molar-refractivity contribution in [3.63, 3.8) is 0 Å². The smallest absolute Gasteiger partial charge is 0.191 e. The molecule has 1 heterocycles. The largest absolute Gasteiger partial charge is 0.491 e. The van der Waals surface area contributed by atoms with Crippen molar-refractivity contribution >= 4 is 29.9 Å². The summed E-state index contributed by atoms with van der Waals surface area (Å²) < 4.78 is 17.1. The average molecular weight is 561 g/mol. The van der Waals surface area contributed by atoms with E-state index in [2.05, 4.69) is 47.6 Å². The third kappa shape index (κ3) is 9.41. The highest BCUT2D eigenvalue weighted by Crippen LogP contribution is 2.26. The molecule has 1 aliphatic carbocycles. The first-order chi connectivity index (χ1) is 15.2. The molecular weight excluding hydrogens is 519 g/mol. The monoisotopic (exact) mass is 560 g/mol. The molecule has 1 atom stereocenters. The Bertz CT molecular complexity index is 694. The Morgan fingerprint density at radius 2 is 2.06 bits per heavy atom. The van der Waals surface area contributed by atoms with Crippen molar-refractivity contribution < 1.29 is 14.2 Å². The minimum atomic E-state index is 0. The van der Waals surface area contributed by atoms with E-state index < -0.39 is 0 Å². The van der Waals surface area contributed by atoms with Gasteiger partial charge < -0.3 is 24.8 Å². The van der Waals surface area contributed by atoms with Crippen molar-refractivity contribution in [2.45, 2.75) is 58.2 Å². The molecule has 182 valence electrons. The second kappa shape index (κ2) is 14.9. The molecular formula is C24H41IN4O3. The Kier molecular flexibility index (Phi) is 12.7. The van der Waals surface area contributed by atoms with Gasteiger partial charge in [-0.1, -0.05) is 12.1 Å². The molecule has 7 nitrogen and oxygen atoms in total. The minimum Gasteiger partial charge on any atom is -0.491 e. The van der Waals surface area contributed by atoms with Crippen molar-refractivity contribution in [1.29, 1.82) is 0 Å². The van der Waals surface area contributed by atoms with Crippen LogP contribution in [0.1, 0.15) is 43.7 Å². The number of nitrogens with zero attached hydrogens (tertiary/aromatic N) is 2. The molecule has 1 aromatic carbocycles. The third-order valence-electron chi connectivity index (χ3n) is 5.76. The van der Waals surface area contributed by atoms with Gasteiger partial charge >= 0.3 is 0 Å². The molecule has 2 N–H and O–H groups in total. The zero-order valence-corrected chi connectivity index (χ0v) is 22.2. The van der Waals surface area contributed by atoms with Crippen LogP contribution in [0.15, 0.2) is 23.2 Å². The quantitative estimate of drug-likeness (QED) is 0.219. The van der Waals surface area contributed by atoms with Crippen LogP contribution >= 0.6 is 24.0 Å². The van der Waals surface area contributed by atoms with E-state index in [-0.39, 0.29) is 30.1 Å².